The number of hydrogen-bond acceptors (Lipinski definition) is 3. The quantitative estimate of drug-likeness (QED) is 0.417. The first-order chi connectivity index (χ1) is 11.9. The second-order valence-corrected chi connectivity index (χ2v) is 6.07. The summed E-state index contributed by atoms with van der Waals surface area (Å²) in [6.07, 6.45) is 0. The smallest absolute Gasteiger partial charge is 0.261 e. The van der Waals surface area contributed by atoms with Gasteiger partial charge in [-0.3, -0.25) is 9.79 Å². The largest absolute Gasteiger partial charge is 0.506 e. The molecular weight excluding hydrogens is 359 g/mol. The number of nitrogens with zero attached hydrogens (tertiary/aromatic N) is 1. The normalized spacial score (nSPS) is 12.6. The van der Waals surface area contributed by atoms with E-state index in [1.54, 1.807) is 31.2 Å². The van der Waals surface area contributed by atoms with Crippen LogP contribution in [0.25, 0.3) is 5.76 Å². The summed E-state index contributed by atoms with van der Waals surface area (Å²) in [5.41, 5.74) is 1.41. The number of nitrogens with one attached hydrogen (secondary N) is 1. The van der Waals surface area contributed by atoms with Crippen LogP contribution in [0.15, 0.2) is 59.1 Å². The number of carbonyl (C=O) groups excluding carboxylic acids is 1. The lowest BCUT2D eigenvalue weighted by Crippen LogP contribution is -2.21. The van der Waals surface area contributed by atoms with E-state index in [1.807, 2.05) is 25.1 Å². The molecule has 0 aliphatic carbocycles. The van der Waals surface area contributed by atoms with E-state index in [2.05, 4.69) is 10.3 Å². The first-order valence-corrected chi connectivity index (χ1v) is 8.46. The fraction of sp³-hybridized carbons (Fsp3) is 0.158. The van der Waals surface area contributed by atoms with E-state index in [-0.39, 0.29) is 16.4 Å². The Morgan fingerprint density at radius 3 is 2.44 bits per heavy atom. The van der Waals surface area contributed by atoms with Crippen molar-refractivity contribution in [3.05, 3.63) is 69.7 Å². The average molecular weight is 377 g/mol. The molecule has 0 aromatic heterocycles. The molecule has 0 aliphatic heterocycles. The summed E-state index contributed by atoms with van der Waals surface area (Å²) >= 11 is 12.1. The maximum Gasteiger partial charge on any atom is 0.261 e. The highest BCUT2D eigenvalue weighted by Gasteiger charge is 2.21. The summed E-state index contributed by atoms with van der Waals surface area (Å²) in [6.45, 7) is 4.00. The van der Waals surface area contributed by atoms with Gasteiger partial charge in [0.25, 0.3) is 5.91 Å². The predicted octanol–water partition coefficient (Wildman–Crippen LogP) is 5.38. The van der Waals surface area contributed by atoms with Crippen molar-refractivity contribution in [3.63, 3.8) is 0 Å². The van der Waals surface area contributed by atoms with Crippen molar-refractivity contribution < 1.29 is 9.90 Å². The van der Waals surface area contributed by atoms with E-state index in [1.165, 1.54) is 6.07 Å². The summed E-state index contributed by atoms with van der Waals surface area (Å²) in [5.74, 6) is -0.714. The summed E-state index contributed by atoms with van der Waals surface area (Å²) in [6, 6.07) is 13.6. The lowest BCUT2D eigenvalue weighted by Gasteiger charge is -2.13. The molecule has 2 rings (SSSR count). The number of aliphatic imine (C=N–C) groups is 1. The Kier molecular flexibility index (Phi) is 6.62. The second kappa shape index (κ2) is 8.70. The molecule has 2 aromatic rings. The van der Waals surface area contributed by atoms with Crippen molar-refractivity contribution in [2.45, 2.75) is 13.8 Å². The van der Waals surface area contributed by atoms with Crippen molar-refractivity contribution in [2.24, 2.45) is 4.99 Å². The minimum absolute atomic E-state index is 0.0647. The van der Waals surface area contributed by atoms with E-state index in [0.29, 0.717) is 28.5 Å². The molecule has 0 saturated heterocycles. The molecule has 0 saturated carbocycles. The Labute approximate surface area is 156 Å². The van der Waals surface area contributed by atoms with Crippen molar-refractivity contribution in [2.75, 3.05) is 11.9 Å². The summed E-state index contributed by atoms with van der Waals surface area (Å²) < 4.78 is 0. The molecule has 130 valence electrons. The molecule has 0 bridgehead atoms. The zero-order valence-electron chi connectivity index (χ0n) is 13.9. The Balaban J connectivity index is 2.51. The van der Waals surface area contributed by atoms with Crippen molar-refractivity contribution >= 4 is 46.3 Å². The van der Waals surface area contributed by atoms with E-state index >= 15 is 0 Å². The van der Waals surface area contributed by atoms with Crippen molar-refractivity contribution in [1.29, 1.82) is 0 Å². The van der Waals surface area contributed by atoms with Gasteiger partial charge in [-0.2, -0.15) is 0 Å². The standard InChI is InChI=1S/C19H18Cl2N2O2/c1-3-22-12(2)17(19(25)23-14-7-5-4-6-8-14)18(24)15-10-9-13(20)11-16(15)21/h4-11,24H,3H2,1-2H3,(H,23,25)/b18-17+,22-12?. The molecule has 0 radical (unpaired) electrons. The van der Waals surface area contributed by atoms with Crippen LogP contribution in [0, 0.1) is 0 Å². The number of carbonyl (C=O) groups is 1. The van der Waals surface area contributed by atoms with Crippen LogP contribution in [0.3, 0.4) is 0 Å². The second-order valence-electron chi connectivity index (χ2n) is 5.23. The molecule has 1 amide bonds. The molecule has 2 aromatic carbocycles. The fourth-order valence-electron chi connectivity index (χ4n) is 2.29. The van der Waals surface area contributed by atoms with Gasteiger partial charge in [0.05, 0.1) is 5.02 Å². The molecule has 6 heteroatoms. The summed E-state index contributed by atoms with van der Waals surface area (Å²) in [7, 11) is 0. The first-order valence-electron chi connectivity index (χ1n) is 7.70. The van der Waals surface area contributed by atoms with E-state index in [4.69, 9.17) is 23.2 Å². The number of aliphatic hydroxyl groups is 1. The lowest BCUT2D eigenvalue weighted by molar-refractivity contribution is -0.112. The molecule has 0 atom stereocenters. The highest BCUT2D eigenvalue weighted by molar-refractivity contribution is 6.36. The van der Waals surface area contributed by atoms with Crippen LogP contribution in [0.1, 0.15) is 19.4 Å². The van der Waals surface area contributed by atoms with E-state index < -0.39 is 5.91 Å². The molecule has 4 nitrogen and oxygen atoms in total. The minimum Gasteiger partial charge on any atom is -0.506 e. The summed E-state index contributed by atoms with van der Waals surface area (Å²) in [5, 5.41) is 14.2. The van der Waals surface area contributed by atoms with Crippen molar-refractivity contribution in [1.82, 2.24) is 0 Å². The highest BCUT2D eigenvalue weighted by atomic mass is 35.5. The predicted molar refractivity (Wildman–Crippen MR) is 105 cm³/mol. The lowest BCUT2D eigenvalue weighted by atomic mass is 10.0. The van der Waals surface area contributed by atoms with Gasteiger partial charge in [0.2, 0.25) is 0 Å². The zero-order valence-corrected chi connectivity index (χ0v) is 15.4. The average Bonchev–Trinajstić information content (AvgIpc) is 2.56. The molecule has 0 fully saturated rings. The number of anilines is 1. The highest BCUT2D eigenvalue weighted by Crippen LogP contribution is 2.28. The van der Waals surface area contributed by atoms with Gasteiger partial charge in [-0.15, -0.1) is 0 Å². The topological polar surface area (TPSA) is 61.7 Å². The third-order valence-electron chi connectivity index (χ3n) is 3.44. The molecule has 25 heavy (non-hydrogen) atoms. The number of para-hydroxylation sites is 1. The van der Waals surface area contributed by atoms with Crippen LogP contribution in [0.5, 0.6) is 0 Å². The van der Waals surface area contributed by atoms with Gasteiger partial charge < -0.3 is 10.4 Å². The Bertz CT molecular complexity index is 831. The third kappa shape index (κ3) is 4.84. The third-order valence-corrected chi connectivity index (χ3v) is 3.99. The Hall–Kier alpha value is -2.30. The Morgan fingerprint density at radius 1 is 1.16 bits per heavy atom. The SMILES string of the molecule is CCN=C(C)/C(C(=O)Nc1ccccc1)=C(\O)c1ccc(Cl)cc1Cl. The van der Waals surface area contributed by atoms with Gasteiger partial charge in [0.1, 0.15) is 11.3 Å². The van der Waals surface area contributed by atoms with Crippen LogP contribution in [0.2, 0.25) is 10.0 Å². The van der Waals surface area contributed by atoms with Gasteiger partial charge >= 0.3 is 0 Å². The molecule has 0 heterocycles. The fourth-order valence-corrected chi connectivity index (χ4v) is 2.79. The van der Waals surface area contributed by atoms with Crippen LogP contribution in [0.4, 0.5) is 5.69 Å². The maximum absolute atomic E-state index is 12.7. The Morgan fingerprint density at radius 2 is 1.84 bits per heavy atom. The monoisotopic (exact) mass is 376 g/mol. The molecule has 0 spiro atoms. The van der Waals surface area contributed by atoms with Gasteiger partial charge in [0, 0.05) is 28.5 Å². The number of amides is 1. The van der Waals surface area contributed by atoms with Crippen LogP contribution in [-0.4, -0.2) is 23.3 Å². The van der Waals surface area contributed by atoms with Gasteiger partial charge in [-0.25, -0.2) is 0 Å². The van der Waals surface area contributed by atoms with E-state index in [9.17, 15) is 9.90 Å². The summed E-state index contributed by atoms with van der Waals surface area (Å²) in [4.78, 5) is 17.0. The minimum atomic E-state index is -0.468. The number of halogens is 2. The molecule has 0 unspecified atom stereocenters. The number of rotatable bonds is 5. The first kappa shape index (κ1) is 19.0. The molecule has 2 N–H and O–H groups in total. The number of aliphatic hydroxyl groups excluding tert-OH is 1. The zero-order chi connectivity index (χ0) is 18.4. The van der Waals surface area contributed by atoms with Crippen LogP contribution >= 0.6 is 23.2 Å². The van der Waals surface area contributed by atoms with Crippen LogP contribution < -0.4 is 5.32 Å². The van der Waals surface area contributed by atoms with Gasteiger partial charge in [0.15, 0.2) is 0 Å². The van der Waals surface area contributed by atoms with Gasteiger partial charge in [-0.05, 0) is 44.2 Å². The maximum atomic E-state index is 12.7. The number of hydrogen-bond donors (Lipinski definition) is 2. The van der Waals surface area contributed by atoms with E-state index in [0.717, 1.165) is 0 Å². The van der Waals surface area contributed by atoms with Crippen molar-refractivity contribution in [3.8, 4) is 0 Å². The van der Waals surface area contributed by atoms with Gasteiger partial charge in [-0.1, -0.05) is 41.4 Å². The molecule has 0 aliphatic rings. The molecular formula is C19H18Cl2N2O2. The number of benzene rings is 2. The van der Waals surface area contributed by atoms with Crippen LogP contribution in [-0.2, 0) is 4.79 Å².